The minimum absolute atomic E-state index is 0. The zero-order valence-corrected chi connectivity index (χ0v) is 11.2. The van der Waals surface area contributed by atoms with Crippen LogP contribution in [0.1, 0.15) is 25.8 Å². The van der Waals surface area contributed by atoms with E-state index in [2.05, 4.69) is 49.3 Å². The number of rotatable bonds is 0. The maximum absolute atomic E-state index is 3.50. The third-order valence-corrected chi connectivity index (χ3v) is 2.54. The summed E-state index contributed by atoms with van der Waals surface area (Å²) in [6, 6.07) is 6.98. The van der Waals surface area contributed by atoms with Gasteiger partial charge in [-0.15, -0.1) is 0 Å². The van der Waals surface area contributed by atoms with E-state index in [9.17, 15) is 0 Å². The van der Waals surface area contributed by atoms with Crippen LogP contribution in [0.15, 0.2) is 18.2 Å². The van der Waals surface area contributed by atoms with Crippen molar-refractivity contribution in [1.29, 1.82) is 0 Å². The van der Waals surface area contributed by atoms with Gasteiger partial charge >= 0.3 is 0 Å². The number of fused-ring (bicyclic) bond motifs is 1. The largest absolute Gasteiger partial charge is 1.00 e. The summed E-state index contributed by atoms with van der Waals surface area (Å²) in [6.45, 7) is 6.47. The van der Waals surface area contributed by atoms with Gasteiger partial charge in [0.15, 0.2) is 5.71 Å². The van der Waals surface area contributed by atoms with Crippen molar-refractivity contribution in [2.45, 2.75) is 33.2 Å². The molecule has 0 saturated heterocycles. The van der Waals surface area contributed by atoms with Crippen LogP contribution in [0.3, 0.4) is 0 Å². The summed E-state index contributed by atoms with van der Waals surface area (Å²) in [5.74, 6) is 0. The molecule has 1 aliphatic heterocycles. The van der Waals surface area contributed by atoms with Crippen molar-refractivity contribution in [2.75, 3.05) is 5.32 Å². The molecule has 5 heteroatoms. The van der Waals surface area contributed by atoms with Crippen LogP contribution in [-0.4, -0.2) is 22.7 Å². The Balaban J connectivity index is 0. The monoisotopic (exact) mass is 260 g/mol. The molecule has 1 aromatic carbocycles. The molecule has 6 N–H and O–H groups in total. The lowest BCUT2D eigenvalue weighted by Gasteiger charge is -2.10. The molecular weight excluding hydrogens is 240 g/mol. The van der Waals surface area contributed by atoms with Gasteiger partial charge < -0.3 is 28.7 Å². The van der Waals surface area contributed by atoms with Crippen molar-refractivity contribution < 1.29 is 28.4 Å². The topological polar surface area (TPSA) is 89.0 Å². The number of benzene rings is 1. The summed E-state index contributed by atoms with van der Waals surface area (Å²) < 4.78 is 0. The molecule has 4 nitrogen and oxygen atoms in total. The second kappa shape index (κ2) is 7.27. The molecule has 0 radical (unpaired) electrons. The lowest BCUT2D eigenvalue weighted by atomic mass is 10.1. The second-order valence-electron chi connectivity index (χ2n) is 4.20. The van der Waals surface area contributed by atoms with Gasteiger partial charge in [0, 0.05) is 25.5 Å². The number of halogens is 1. The highest BCUT2D eigenvalue weighted by atomic mass is 35.5. The molecule has 1 heterocycles. The Bertz CT molecular complexity index is 394. The van der Waals surface area contributed by atoms with Crippen LogP contribution in [0, 0.1) is 6.92 Å². The first-order valence-electron chi connectivity index (χ1n) is 5.12. The summed E-state index contributed by atoms with van der Waals surface area (Å²) in [7, 11) is 0. The smallest absolute Gasteiger partial charge is 0.227 e. The minimum Gasteiger partial charge on any atom is -1.00 e. The van der Waals surface area contributed by atoms with Crippen molar-refractivity contribution >= 4 is 17.1 Å². The molecule has 2 rings (SSSR count). The summed E-state index contributed by atoms with van der Waals surface area (Å²) in [6.07, 6.45) is 1.08. The van der Waals surface area contributed by atoms with E-state index in [0.717, 1.165) is 6.42 Å². The maximum atomic E-state index is 3.50. The SMILES string of the molecule is CC1=[NH+]c2cc(C)ccc2NC(C)C1.O.O.[Cl-]. The predicted octanol–water partition coefficient (Wildman–Crippen LogP) is -3.27. The van der Waals surface area contributed by atoms with Crippen LogP contribution in [-0.2, 0) is 0 Å². The lowest BCUT2D eigenvalue weighted by molar-refractivity contribution is -0.354. The van der Waals surface area contributed by atoms with Crippen LogP contribution < -0.4 is 22.7 Å². The molecule has 0 aromatic heterocycles. The highest BCUT2D eigenvalue weighted by Gasteiger charge is 2.17. The molecule has 1 aromatic rings. The Hall–Kier alpha value is -1.10. The van der Waals surface area contributed by atoms with E-state index in [-0.39, 0.29) is 23.4 Å². The highest BCUT2D eigenvalue weighted by molar-refractivity contribution is 5.80. The van der Waals surface area contributed by atoms with Crippen LogP contribution in [0.4, 0.5) is 11.4 Å². The normalized spacial score (nSPS) is 16.9. The van der Waals surface area contributed by atoms with Gasteiger partial charge in [0.1, 0.15) is 5.69 Å². The predicted molar refractivity (Wildman–Crippen MR) is 67.4 cm³/mol. The fourth-order valence-corrected chi connectivity index (χ4v) is 1.94. The quantitative estimate of drug-likeness (QED) is 0.504. The van der Waals surface area contributed by atoms with Crippen molar-refractivity contribution in [3.05, 3.63) is 23.8 Å². The maximum Gasteiger partial charge on any atom is 0.227 e. The molecule has 0 bridgehead atoms. The zero-order valence-electron chi connectivity index (χ0n) is 10.4. The molecule has 17 heavy (non-hydrogen) atoms. The molecule has 0 aliphatic carbocycles. The van der Waals surface area contributed by atoms with E-state index in [0.29, 0.717) is 6.04 Å². The first-order chi connectivity index (χ1) is 6.65. The van der Waals surface area contributed by atoms with Crippen LogP contribution in [0.5, 0.6) is 0 Å². The zero-order chi connectivity index (χ0) is 10.1. The van der Waals surface area contributed by atoms with E-state index in [4.69, 9.17) is 0 Å². The molecule has 98 valence electrons. The summed E-state index contributed by atoms with van der Waals surface area (Å²) in [5, 5.41) is 3.50. The van der Waals surface area contributed by atoms with E-state index < -0.39 is 0 Å². The molecule has 0 saturated carbocycles. The average molecular weight is 261 g/mol. The number of aryl methyl sites for hydroxylation is 1. The number of hydrogen-bond acceptors (Lipinski definition) is 1. The number of nitrogens with one attached hydrogen (secondary N) is 2. The molecule has 0 fully saturated rings. The van der Waals surface area contributed by atoms with E-state index in [1.807, 2.05) is 0 Å². The van der Waals surface area contributed by atoms with Gasteiger partial charge in [-0.1, -0.05) is 6.07 Å². The average Bonchev–Trinajstić information content (AvgIpc) is 2.21. The Morgan fingerprint density at radius 2 is 1.88 bits per heavy atom. The standard InChI is InChI=1S/C12H16N2.ClH.2H2O/c1-8-4-5-11-12(6-8)14-10(3)7-9(2)13-11;;;/h4-6,9,13H,7H2,1-3H3;1H;2*1H2. The van der Waals surface area contributed by atoms with Gasteiger partial charge in [-0.05, 0) is 25.5 Å². The molecule has 1 atom stereocenters. The van der Waals surface area contributed by atoms with E-state index >= 15 is 0 Å². The molecule has 1 aliphatic rings. The highest BCUT2D eigenvalue weighted by Crippen LogP contribution is 2.20. The van der Waals surface area contributed by atoms with Gasteiger partial charge in [0.25, 0.3) is 0 Å². The lowest BCUT2D eigenvalue weighted by Crippen LogP contribution is -3.00. The Labute approximate surface area is 108 Å². The van der Waals surface area contributed by atoms with Gasteiger partial charge in [0.05, 0.1) is 0 Å². The van der Waals surface area contributed by atoms with Crippen LogP contribution >= 0.6 is 0 Å². The fourth-order valence-electron chi connectivity index (χ4n) is 1.94. The Morgan fingerprint density at radius 1 is 1.24 bits per heavy atom. The number of anilines is 1. The van der Waals surface area contributed by atoms with Crippen LogP contribution in [0.25, 0.3) is 0 Å². The first-order valence-corrected chi connectivity index (χ1v) is 5.12. The first kappa shape index (κ1) is 18.3. The molecular formula is C12H21ClN2O2. The molecule has 0 spiro atoms. The third-order valence-electron chi connectivity index (χ3n) is 2.54. The van der Waals surface area contributed by atoms with Crippen molar-refractivity contribution in [2.24, 2.45) is 0 Å². The molecule has 0 amide bonds. The van der Waals surface area contributed by atoms with E-state index in [1.165, 1.54) is 22.6 Å². The van der Waals surface area contributed by atoms with Gasteiger partial charge in [-0.2, -0.15) is 0 Å². The molecule has 1 unspecified atom stereocenters. The van der Waals surface area contributed by atoms with Gasteiger partial charge in [0.2, 0.25) is 5.69 Å². The fraction of sp³-hybridized carbons (Fsp3) is 0.417. The van der Waals surface area contributed by atoms with Crippen molar-refractivity contribution in [1.82, 2.24) is 0 Å². The van der Waals surface area contributed by atoms with E-state index in [1.54, 1.807) is 0 Å². The van der Waals surface area contributed by atoms with Gasteiger partial charge in [-0.3, -0.25) is 0 Å². The summed E-state index contributed by atoms with van der Waals surface area (Å²) in [5.41, 5.74) is 5.03. The van der Waals surface area contributed by atoms with Crippen LogP contribution in [0.2, 0.25) is 0 Å². The summed E-state index contributed by atoms with van der Waals surface area (Å²) in [4.78, 5) is 3.45. The Kier molecular flexibility index (Phi) is 7.81. The Morgan fingerprint density at radius 3 is 2.53 bits per heavy atom. The summed E-state index contributed by atoms with van der Waals surface area (Å²) >= 11 is 0. The second-order valence-corrected chi connectivity index (χ2v) is 4.20. The minimum atomic E-state index is 0. The van der Waals surface area contributed by atoms with Crippen molar-refractivity contribution in [3.8, 4) is 0 Å². The number of hydrogen-bond donors (Lipinski definition) is 2. The van der Waals surface area contributed by atoms with Crippen molar-refractivity contribution in [3.63, 3.8) is 0 Å². The van der Waals surface area contributed by atoms with Gasteiger partial charge in [-0.25, -0.2) is 4.99 Å². The third kappa shape index (κ3) is 4.34.